The summed E-state index contributed by atoms with van der Waals surface area (Å²) in [6.07, 6.45) is 1.65. The average Bonchev–Trinajstić information content (AvgIpc) is 1.53. The number of aliphatic imine (C=N–C) groups is 1. The molecule has 8 aromatic carbocycles. The molecule has 5 heterocycles. The number of phenols is 2. The van der Waals surface area contributed by atoms with Gasteiger partial charge in [0.25, 0.3) is 5.84 Å². The maximum atomic E-state index is 18.7. The minimum absolute atomic E-state index is 0.00250. The van der Waals surface area contributed by atoms with Gasteiger partial charge in [-0.2, -0.15) is 0 Å². The van der Waals surface area contributed by atoms with E-state index in [-0.39, 0.29) is 79.2 Å². The van der Waals surface area contributed by atoms with Crippen LogP contribution in [0, 0.1) is 23.7 Å². The van der Waals surface area contributed by atoms with Crippen LogP contribution < -0.4 is 20.3 Å². The van der Waals surface area contributed by atoms with E-state index in [9.17, 15) is 39.6 Å². The molecule has 0 spiro atoms. The third-order valence-corrected chi connectivity index (χ3v) is 17.1. The van der Waals surface area contributed by atoms with Gasteiger partial charge in [-0.3, -0.25) is 9.59 Å². The number of fused-ring (bicyclic) bond motifs is 6. The number of benzene rings is 10. The molecule has 0 atom stereocenters. The number of allylic oxidation sites excluding steroid dienone is 1. The van der Waals surface area contributed by atoms with Crippen LogP contribution in [0.5, 0.6) is 23.0 Å². The molecular weight excluding hydrogens is 1220 g/mol. The molecule has 462 valence electrons. The van der Waals surface area contributed by atoms with E-state index in [1.807, 2.05) is 0 Å². The monoisotopic (exact) mass is 1270 g/mol. The summed E-state index contributed by atoms with van der Waals surface area (Å²) in [5, 5.41) is 42.9. The number of amidine groups is 1. The number of ether oxygens (including phenoxy) is 2. The van der Waals surface area contributed by atoms with Crippen LogP contribution in [-0.4, -0.2) is 74.1 Å². The normalized spacial score (nSPS) is 12.9. The number of halogens is 2. The number of carboxylic acid groups (broad SMARTS) is 2. The van der Waals surface area contributed by atoms with Crippen molar-refractivity contribution in [2.45, 2.75) is 0 Å². The number of nitrogens with zero attached hydrogens (tertiary/aromatic N) is 3. The van der Waals surface area contributed by atoms with Gasteiger partial charge in [-0.05, 0) is 172 Å². The summed E-state index contributed by atoms with van der Waals surface area (Å²) in [5.41, 5.74) is 7.30. The second-order valence-electron chi connectivity index (χ2n) is 22.8. The van der Waals surface area contributed by atoms with Crippen molar-refractivity contribution in [3.63, 3.8) is 0 Å². The molecule has 4 aliphatic heterocycles. The minimum Gasteiger partial charge on any atom is -0.508 e. The number of aromatic nitrogens is 1. The smallest absolute Gasteiger partial charge is 0.508 e. The zero-order valence-electron chi connectivity index (χ0n) is 50.5. The topological polar surface area (TPSA) is 214 Å². The summed E-state index contributed by atoms with van der Waals surface area (Å²) in [5.74, 6) is 11.3. The Balaban J connectivity index is 0.795. The fourth-order valence-corrected chi connectivity index (χ4v) is 12.6. The number of carbonyl (C=O) groups is 2. The van der Waals surface area contributed by atoms with Gasteiger partial charge in [0.2, 0.25) is 5.82 Å². The molecule has 9 aromatic rings. The minimum atomic E-state index is -4.80. The first kappa shape index (κ1) is 59.0. The Morgan fingerprint density at radius 2 is 0.927 bits per heavy atom. The van der Waals surface area contributed by atoms with Gasteiger partial charge in [0.1, 0.15) is 51.4 Å². The van der Waals surface area contributed by atoms with Gasteiger partial charge < -0.3 is 56.3 Å². The lowest BCUT2D eigenvalue weighted by Gasteiger charge is -2.31. The Bertz CT molecular complexity index is 5790. The van der Waals surface area contributed by atoms with Crippen LogP contribution in [0.3, 0.4) is 0 Å². The van der Waals surface area contributed by atoms with Gasteiger partial charge in [0, 0.05) is 108 Å². The number of carboxylic acids is 2. The highest BCUT2D eigenvalue weighted by Gasteiger charge is 2.53. The second-order valence-corrected chi connectivity index (χ2v) is 22.8. The maximum absolute atomic E-state index is 18.7. The van der Waals surface area contributed by atoms with Crippen LogP contribution in [-0.2, 0) is 0 Å². The van der Waals surface area contributed by atoms with Crippen LogP contribution in [0.15, 0.2) is 242 Å². The first-order chi connectivity index (χ1) is 46.5. The third-order valence-electron chi connectivity index (χ3n) is 17.1. The summed E-state index contributed by atoms with van der Waals surface area (Å²) in [7, 11) is 3.08. The Kier molecular flexibility index (Phi) is 14.2. The molecule has 15 rings (SSSR count). The quantitative estimate of drug-likeness (QED) is 0.0572. The van der Waals surface area contributed by atoms with E-state index in [0.717, 1.165) is 8.96 Å². The van der Waals surface area contributed by atoms with Gasteiger partial charge in [0.05, 0.1) is 25.3 Å². The van der Waals surface area contributed by atoms with Crippen LogP contribution in [0.2, 0.25) is 0 Å². The number of aromatic hydroxyl groups is 2. The first-order valence-electron chi connectivity index (χ1n) is 29.9. The summed E-state index contributed by atoms with van der Waals surface area (Å²) in [6, 6.07) is 56.4. The average molecular weight is 1270 g/mol. The van der Waals surface area contributed by atoms with E-state index in [1.54, 1.807) is 158 Å². The SMILES string of the molecule is COc1ccc(C2=CC3=Nc4c(-c5ccc(OC)cc5)cc(-c5ccc(C#Cc6ccc(-c7c8ccc(=O)cc-8oc8cc(O)ccc78)c(C(=O)O)c6)cc5)n4[B-](F)(F)[N+]3=C2c2ccc(C#Cc3ccc(-c4c5ccc(=O)cc-5oc5cc(O)ccc45)c(C(=O)O)c3)cc2)cc1. The van der Waals surface area contributed by atoms with Crippen molar-refractivity contribution in [3.8, 4) is 114 Å². The lowest BCUT2D eigenvalue weighted by atomic mass is 9.89. The van der Waals surface area contributed by atoms with E-state index in [2.05, 4.69) is 23.7 Å². The maximum Gasteiger partial charge on any atom is 0.642 e. The second kappa shape index (κ2) is 23.1. The zero-order chi connectivity index (χ0) is 66.3. The number of hydrogen-bond acceptors (Lipinski definition) is 11. The number of hydrogen-bond donors (Lipinski definition) is 4. The van der Waals surface area contributed by atoms with Crippen LogP contribution in [0.25, 0.3) is 94.8 Å². The van der Waals surface area contributed by atoms with Crippen molar-refractivity contribution in [3.05, 3.63) is 283 Å². The standard InChI is InChI=1S/C78H46BF2N3O12/c1-93-55-25-17-47(18-26-55)63-42-72-82-76-64(48-19-27-56(94-2)28-20-48)41-67(49-13-7-43(8-14-49)3-5-45-11-29-57(65(35-45)77(89)90)73-59-31-21-51(85)37-68(59)95-69-38-52(86)22-32-60(69)73)83(76)79(80,81)84(72)75(63)50-15-9-44(10-16-50)4-6-46-12-30-58(66(36-46)78(91)92)74-61-33-23-53(87)39-70(61)96-71-40-54(88)24-34-62(71)74/h7-42,85,87H,1-2H3,(H,89,90)(H,91,92). The van der Waals surface area contributed by atoms with Crippen molar-refractivity contribution in [2.24, 2.45) is 4.99 Å². The molecule has 0 saturated heterocycles. The van der Waals surface area contributed by atoms with Gasteiger partial charge in [-0.25, -0.2) is 9.59 Å². The highest BCUT2D eigenvalue weighted by atomic mass is 19.2. The highest BCUT2D eigenvalue weighted by Crippen LogP contribution is 2.48. The fraction of sp³-hybridized carbons (Fsp3) is 0.0256. The molecule has 0 unspecified atom stereocenters. The molecule has 15 nitrogen and oxygen atoms in total. The molecule has 2 aliphatic carbocycles. The van der Waals surface area contributed by atoms with Crippen LogP contribution >= 0.6 is 0 Å². The molecule has 0 bridgehead atoms. The number of phenolic OH excluding ortho intramolecular Hbond substituents is 2. The van der Waals surface area contributed by atoms with E-state index < -0.39 is 18.9 Å². The first-order valence-corrected chi connectivity index (χ1v) is 29.9. The van der Waals surface area contributed by atoms with Crippen molar-refractivity contribution in [2.75, 3.05) is 14.2 Å². The summed E-state index contributed by atoms with van der Waals surface area (Å²) < 4.78 is 62.3. The van der Waals surface area contributed by atoms with Crippen LogP contribution in [0.4, 0.5) is 14.4 Å². The van der Waals surface area contributed by atoms with Crippen molar-refractivity contribution in [1.29, 1.82) is 0 Å². The third kappa shape index (κ3) is 10.3. The van der Waals surface area contributed by atoms with E-state index in [4.69, 9.17) is 23.3 Å². The van der Waals surface area contributed by atoms with E-state index in [0.29, 0.717) is 111 Å². The molecule has 0 saturated carbocycles. The largest absolute Gasteiger partial charge is 0.642 e. The van der Waals surface area contributed by atoms with Crippen molar-refractivity contribution < 1.29 is 61.4 Å². The highest BCUT2D eigenvalue weighted by molar-refractivity contribution is 6.63. The van der Waals surface area contributed by atoms with Gasteiger partial charge >= 0.3 is 18.9 Å². The van der Waals surface area contributed by atoms with Crippen molar-refractivity contribution >= 4 is 63.8 Å². The number of methoxy groups -OCH3 is 2. The molecule has 96 heavy (non-hydrogen) atoms. The summed E-state index contributed by atoms with van der Waals surface area (Å²) >= 11 is 0. The molecule has 4 N–H and O–H groups in total. The fourth-order valence-electron chi connectivity index (χ4n) is 12.6. The lowest BCUT2D eigenvalue weighted by Crippen LogP contribution is -2.52. The molecule has 1 aromatic heterocycles. The molecule has 0 fully saturated rings. The predicted molar refractivity (Wildman–Crippen MR) is 362 cm³/mol. The molecule has 0 amide bonds. The van der Waals surface area contributed by atoms with Crippen molar-refractivity contribution in [1.82, 2.24) is 4.48 Å². The Morgan fingerprint density at radius 3 is 1.41 bits per heavy atom. The number of aromatic carboxylic acids is 2. The molecular formula is C78H46BF2N3O12. The van der Waals surface area contributed by atoms with Gasteiger partial charge in [0.15, 0.2) is 10.9 Å². The van der Waals surface area contributed by atoms with E-state index in [1.165, 1.54) is 74.9 Å². The Morgan fingerprint density at radius 1 is 0.490 bits per heavy atom. The predicted octanol–water partition coefficient (Wildman–Crippen LogP) is 15.1. The van der Waals surface area contributed by atoms with Crippen LogP contribution in [0.1, 0.15) is 54.1 Å². The lowest BCUT2D eigenvalue weighted by molar-refractivity contribution is -0.291. The Labute approximate surface area is 543 Å². The molecule has 18 heteroatoms. The van der Waals surface area contributed by atoms with Gasteiger partial charge in [-0.1, -0.05) is 72.2 Å². The van der Waals surface area contributed by atoms with Gasteiger partial charge in [-0.15, -0.1) is 0 Å². The summed E-state index contributed by atoms with van der Waals surface area (Å²) in [4.78, 5) is 56.0. The molecule has 6 aliphatic rings. The zero-order valence-corrected chi connectivity index (χ0v) is 50.5. The number of rotatable bonds is 10. The Hall–Kier alpha value is -13.3. The van der Waals surface area contributed by atoms with E-state index >= 15 is 8.63 Å². The summed E-state index contributed by atoms with van der Waals surface area (Å²) in [6.45, 7) is -4.80. The molecule has 0 radical (unpaired) electrons.